The molecule has 1 aromatic rings. The van der Waals surface area contributed by atoms with Crippen LogP contribution in [-0.4, -0.2) is 83.2 Å². The molecule has 3 aliphatic rings. The summed E-state index contributed by atoms with van der Waals surface area (Å²) >= 11 is 6.37. The van der Waals surface area contributed by atoms with Crippen molar-refractivity contribution in [2.24, 2.45) is 5.92 Å². The quantitative estimate of drug-likeness (QED) is 0.659. The van der Waals surface area contributed by atoms with Crippen molar-refractivity contribution in [1.29, 1.82) is 0 Å². The van der Waals surface area contributed by atoms with E-state index in [1.165, 1.54) is 7.11 Å². The van der Waals surface area contributed by atoms with E-state index in [1.54, 1.807) is 13.2 Å². The number of hydrogen-bond acceptors (Lipinski definition) is 7. The highest BCUT2D eigenvalue weighted by molar-refractivity contribution is 6.33. The Morgan fingerprint density at radius 3 is 2.72 bits per heavy atom. The number of hydrogen-bond donors (Lipinski definition) is 1. The number of benzene rings is 1. The van der Waals surface area contributed by atoms with Crippen molar-refractivity contribution in [3.8, 4) is 17.2 Å². The Balaban J connectivity index is 1.39. The van der Waals surface area contributed by atoms with Crippen LogP contribution in [0.2, 0.25) is 5.02 Å². The number of amides is 1. The van der Waals surface area contributed by atoms with Crippen molar-refractivity contribution in [2.75, 3.05) is 60.2 Å². The molecule has 3 atom stereocenters. The summed E-state index contributed by atoms with van der Waals surface area (Å²) in [5.74, 6) is 1.15. The van der Waals surface area contributed by atoms with Crippen molar-refractivity contribution in [2.45, 2.75) is 37.9 Å². The highest BCUT2D eigenvalue weighted by Gasteiger charge is 2.32. The van der Waals surface area contributed by atoms with E-state index in [1.807, 2.05) is 0 Å². The van der Waals surface area contributed by atoms with Crippen LogP contribution >= 0.6 is 11.6 Å². The molecule has 0 radical (unpaired) electrons. The second kappa shape index (κ2) is 10.9. The van der Waals surface area contributed by atoms with E-state index in [9.17, 15) is 4.79 Å². The maximum Gasteiger partial charge on any atom is 0.255 e. The van der Waals surface area contributed by atoms with Crippen molar-refractivity contribution in [3.05, 3.63) is 16.7 Å². The van der Waals surface area contributed by atoms with Gasteiger partial charge in [-0.05, 0) is 31.9 Å². The van der Waals surface area contributed by atoms with E-state index in [4.69, 9.17) is 35.3 Å². The van der Waals surface area contributed by atoms with Gasteiger partial charge in [0.1, 0.15) is 0 Å². The second-order valence-electron chi connectivity index (χ2n) is 8.58. The van der Waals surface area contributed by atoms with E-state index in [2.05, 4.69) is 10.2 Å². The van der Waals surface area contributed by atoms with Crippen molar-refractivity contribution >= 4 is 17.5 Å². The number of carbonyl (C=O) groups is 1. The number of halogens is 1. The molecule has 178 valence electrons. The largest absolute Gasteiger partial charge is 0.491 e. The molecule has 1 unspecified atom stereocenters. The molecule has 8 nitrogen and oxygen atoms in total. The molecular weight excluding hydrogens is 436 g/mol. The van der Waals surface area contributed by atoms with Gasteiger partial charge >= 0.3 is 0 Å². The number of methoxy groups -OCH3 is 2. The maximum absolute atomic E-state index is 13.1. The summed E-state index contributed by atoms with van der Waals surface area (Å²) in [5.41, 5.74) is 0.359. The molecule has 3 aliphatic heterocycles. The first-order valence-corrected chi connectivity index (χ1v) is 11.8. The highest BCUT2D eigenvalue weighted by atomic mass is 35.5. The summed E-state index contributed by atoms with van der Waals surface area (Å²) in [7, 11) is 3.26. The highest BCUT2D eigenvalue weighted by Crippen LogP contribution is 2.46. The van der Waals surface area contributed by atoms with Crippen LogP contribution < -0.4 is 19.5 Å². The van der Waals surface area contributed by atoms with Crippen LogP contribution in [0.15, 0.2) is 6.07 Å². The fraction of sp³-hybridized carbons (Fsp3) is 0.696. The van der Waals surface area contributed by atoms with Crippen molar-refractivity contribution < 1.29 is 28.5 Å². The lowest BCUT2D eigenvalue weighted by atomic mass is 9.93. The molecule has 1 amide bonds. The van der Waals surface area contributed by atoms with Gasteiger partial charge in [0.2, 0.25) is 5.75 Å². The molecule has 2 saturated heterocycles. The monoisotopic (exact) mass is 468 g/mol. The third kappa shape index (κ3) is 5.25. The predicted octanol–water partition coefficient (Wildman–Crippen LogP) is 2.76. The Labute approximate surface area is 194 Å². The molecule has 4 rings (SSSR count). The first-order chi connectivity index (χ1) is 15.6. The number of likely N-dealkylation sites (tertiary alicyclic amines) is 1. The maximum atomic E-state index is 13.1. The first-order valence-electron chi connectivity index (χ1n) is 11.4. The summed E-state index contributed by atoms with van der Waals surface area (Å²) in [6, 6.07) is 1.58. The molecule has 0 aliphatic carbocycles. The lowest BCUT2D eigenvalue weighted by Crippen LogP contribution is -2.50. The van der Waals surface area contributed by atoms with E-state index in [0.29, 0.717) is 53.7 Å². The molecular formula is C23H33ClN2O6. The third-order valence-electron chi connectivity index (χ3n) is 6.47. The number of rotatable bonds is 7. The Morgan fingerprint density at radius 1 is 1.19 bits per heavy atom. The van der Waals surface area contributed by atoms with Crippen molar-refractivity contribution in [1.82, 2.24) is 10.2 Å². The van der Waals surface area contributed by atoms with Gasteiger partial charge < -0.3 is 29.0 Å². The fourth-order valence-corrected chi connectivity index (χ4v) is 5.00. The number of ether oxygens (including phenoxy) is 5. The molecule has 2 fully saturated rings. The zero-order valence-electron chi connectivity index (χ0n) is 18.9. The standard InChI is InChI=1S/C23H33ClN2O6/c1-28-19-14-26(13-16-5-3-8-30-16)7-6-15(19)12-25-23(27)17-11-18(24)21(29-2)22-20(17)31-9-4-10-32-22/h11,15-16,19H,3-10,12-14H2,1-2H3,(H,25,27)/t15-,16?,19+/m0/s1. The zero-order chi connectivity index (χ0) is 22.5. The van der Waals surface area contributed by atoms with E-state index < -0.39 is 0 Å². The van der Waals surface area contributed by atoms with Gasteiger partial charge in [-0.2, -0.15) is 0 Å². The Bertz CT molecular complexity index is 801. The number of fused-ring (bicyclic) bond motifs is 1. The second-order valence-corrected chi connectivity index (χ2v) is 8.98. The summed E-state index contributed by atoms with van der Waals surface area (Å²) in [4.78, 5) is 15.5. The summed E-state index contributed by atoms with van der Waals surface area (Å²) in [6.45, 7) is 5.10. The van der Waals surface area contributed by atoms with Crippen LogP contribution in [0.25, 0.3) is 0 Å². The van der Waals surface area contributed by atoms with E-state index in [0.717, 1.165) is 51.9 Å². The van der Waals surface area contributed by atoms with Gasteiger partial charge in [0.25, 0.3) is 5.91 Å². The van der Waals surface area contributed by atoms with Gasteiger partial charge in [0, 0.05) is 45.7 Å². The average Bonchev–Trinajstić information content (AvgIpc) is 3.19. The molecule has 9 heteroatoms. The Kier molecular flexibility index (Phi) is 7.99. The lowest BCUT2D eigenvalue weighted by Gasteiger charge is -2.38. The zero-order valence-corrected chi connectivity index (χ0v) is 19.6. The third-order valence-corrected chi connectivity index (χ3v) is 6.75. The molecule has 32 heavy (non-hydrogen) atoms. The molecule has 0 spiro atoms. The van der Waals surface area contributed by atoms with Crippen LogP contribution in [0.5, 0.6) is 17.2 Å². The minimum absolute atomic E-state index is 0.0570. The number of piperidine rings is 1. The predicted molar refractivity (Wildman–Crippen MR) is 120 cm³/mol. The lowest BCUT2D eigenvalue weighted by molar-refractivity contribution is -0.0254. The Morgan fingerprint density at radius 2 is 2.00 bits per heavy atom. The van der Waals surface area contributed by atoms with Gasteiger partial charge in [-0.15, -0.1) is 0 Å². The minimum atomic E-state index is -0.243. The molecule has 0 saturated carbocycles. The van der Waals surface area contributed by atoms with Gasteiger partial charge in [0.15, 0.2) is 11.5 Å². The van der Waals surface area contributed by atoms with E-state index in [-0.39, 0.29) is 17.9 Å². The minimum Gasteiger partial charge on any atom is -0.491 e. The molecule has 3 heterocycles. The van der Waals surface area contributed by atoms with Crippen LogP contribution in [0.1, 0.15) is 36.0 Å². The first kappa shape index (κ1) is 23.4. The number of nitrogens with one attached hydrogen (secondary N) is 1. The van der Waals surface area contributed by atoms with Gasteiger partial charge in [0.05, 0.1) is 43.1 Å². The van der Waals surface area contributed by atoms with Crippen LogP contribution in [0.4, 0.5) is 0 Å². The molecule has 1 aromatic carbocycles. The SMILES string of the molecule is COc1c(Cl)cc(C(=O)NC[C@@H]2CCN(CC3CCCO3)C[C@H]2OC)c2c1OCCCO2. The van der Waals surface area contributed by atoms with Gasteiger partial charge in [-0.3, -0.25) is 9.69 Å². The number of carbonyl (C=O) groups excluding carboxylic acids is 1. The molecule has 1 N–H and O–H groups in total. The number of nitrogens with zero attached hydrogens (tertiary/aromatic N) is 1. The fourth-order valence-electron chi connectivity index (χ4n) is 4.72. The molecule has 0 aromatic heterocycles. The summed E-state index contributed by atoms with van der Waals surface area (Å²) < 4.78 is 28.6. The summed E-state index contributed by atoms with van der Waals surface area (Å²) in [6.07, 6.45) is 4.34. The normalized spacial score (nSPS) is 25.9. The van der Waals surface area contributed by atoms with Crippen LogP contribution in [0, 0.1) is 5.92 Å². The Hall–Kier alpha value is -1.74. The van der Waals surface area contributed by atoms with Crippen LogP contribution in [-0.2, 0) is 9.47 Å². The van der Waals surface area contributed by atoms with Crippen LogP contribution in [0.3, 0.4) is 0 Å². The van der Waals surface area contributed by atoms with E-state index >= 15 is 0 Å². The van der Waals surface area contributed by atoms with Gasteiger partial charge in [-0.1, -0.05) is 11.6 Å². The van der Waals surface area contributed by atoms with Gasteiger partial charge in [-0.25, -0.2) is 0 Å². The topological polar surface area (TPSA) is 78.5 Å². The smallest absolute Gasteiger partial charge is 0.255 e. The average molecular weight is 469 g/mol. The van der Waals surface area contributed by atoms with Crippen molar-refractivity contribution in [3.63, 3.8) is 0 Å². The molecule has 0 bridgehead atoms. The summed E-state index contributed by atoms with van der Waals surface area (Å²) in [5, 5.41) is 3.38.